The molecule has 29 heavy (non-hydrogen) atoms. The summed E-state index contributed by atoms with van der Waals surface area (Å²) >= 11 is 14.9. The minimum absolute atomic E-state index is 0.169. The van der Waals surface area contributed by atoms with E-state index in [-0.39, 0.29) is 23.3 Å². The number of nitrogens with zero attached hydrogens (tertiary/aromatic N) is 2. The summed E-state index contributed by atoms with van der Waals surface area (Å²) in [5, 5.41) is 0.704. The Hall–Kier alpha value is -2.42. The number of esters is 1. The summed E-state index contributed by atoms with van der Waals surface area (Å²) in [6, 6.07) is 12.1. The average molecular weight is 496 g/mol. The van der Waals surface area contributed by atoms with E-state index in [1.54, 1.807) is 43.5 Å². The highest BCUT2D eigenvalue weighted by atomic mass is 79.9. The molecule has 0 atom stereocenters. The maximum atomic E-state index is 13.3. The lowest BCUT2D eigenvalue weighted by molar-refractivity contribution is -0.140. The molecule has 150 valence electrons. The van der Waals surface area contributed by atoms with E-state index in [0.29, 0.717) is 22.0 Å². The number of methoxy groups -OCH3 is 2. The smallest absolute Gasteiger partial charge is 0.325 e. The molecule has 6 nitrogen and oxygen atoms in total. The topological polar surface area (TPSA) is 59.1 Å². The second-order valence-corrected chi connectivity index (χ2v) is 7.69. The first kappa shape index (κ1) is 21.3. The fourth-order valence-electron chi connectivity index (χ4n) is 2.81. The van der Waals surface area contributed by atoms with Gasteiger partial charge in [0, 0.05) is 15.1 Å². The molecule has 1 fully saturated rings. The van der Waals surface area contributed by atoms with Gasteiger partial charge in [-0.3, -0.25) is 14.5 Å². The van der Waals surface area contributed by atoms with Gasteiger partial charge in [-0.2, -0.15) is 0 Å². The molecule has 0 unspecified atom stereocenters. The van der Waals surface area contributed by atoms with Gasteiger partial charge in [-0.05, 0) is 60.8 Å². The fraction of sp³-hybridized carbons (Fsp3) is 0.150. The molecule has 1 aliphatic heterocycles. The van der Waals surface area contributed by atoms with E-state index >= 15 is 0 Å². The SMILES string of the molecule is COC(=O)CN1C(=S)N(c2ccc(Cl)cc2)C(=O)/C1=C\c1cc(Br)ccc1OC. The highest BCUT2D eigenvalue weighted by Gasteiger charge is 2.40. The van der Waals surface area contributed by atoms with E-state index in [4.69, 9.17) is 33.3 Å². The van der Waals surface area contributed by atoms with Crippen LogP contribution in [0.25, 0.3) is 6.08 Å². The summed E-state index contributed by atoms with van der Waals surface area (Å²) in [7, 11) is 2.82. The summed E-state index contributed by atoms with van der Waals surface area (Å²) in [4.78, 5) is 28.0. The van der Waals surface area contributed by atoms with Gasteiger partial charge < -0.3 is 14.4 Å². The van der Waals surface area contributed by atoms with Crippen molar-refractivity contribution in [1.29, 1.82) is 0 Å². The second kappa shape index (κ2) is 8.94. The lowest BCUT2D eigenvalue weighted by Crippen LogP contribution is -2.35. The zero-order chi connectivity index (χ0) is 21.1. The Morgan fingerprint density at radius 1 is 1.21 bits per heavy atom. The van der Waals surface area contributed by atoms with E-state index in [1.165, 1.54) is 16.9 Å². The van der Waals surface area contributed by atoms with Gasteiger partial charge in [-0.15, -0.1) is 0 Å². The summed E-state index contributed by atoms with van der Waals surface area (Å²) in [5.74, 6) is -0.323. The Labute approximate surface area is 186 Å². The molecule has 0 N–H and O–H groups in total. The second-order valence-electron chi connectivity index (χ2n) is 5.98. The number of amides is 1. The van der Waals surface area contributed by atoms with Gasteiger partial charge >= 0.3 is 5.97 Å². The fourth-order valence-corrected chi connectivity index (χ4v) is 3.67. The molecule has 0 saturated carbocycles. The molecule has 1 amide bonds. The Kier molecular flexibility index (Phi) is 6.56. The number of halogens is 2. The van der Waals surface area contributed by atoms with Crippen LogP contribution in [0.15, 0.2) is 52.6 Å². The van der Waals surface area contributed by atoms with Gasteiger partial charge in [0.1, 0.15) is 18.0 Å². The predicted molar refractivity (Wildman–Crippen MR) is 119 cm³/mol. The highest BCUT2D eigenvalue weighted by Crippen LogP contribution is 2.32. The molecule has 0 bridgehead atoms. The molecule has 0 aromatic heterocycles. The maximum absolute atomic E-state index is 13.3. The molecule has 0 spiro atoms. The van der Waals surface area contributed by atoms with Crippen molar-refractivity contribution in [2.24, 2.45) is 0 Å². The Morgan fingerprint density at radius 2 is 1.90 bits per heavy atom. The van der Waals surface area contributed by atoms with Crippen LogP contribution in [0, 0.1) is 0 Å². The van der Waals surface area contributed by atoms with Gasteiger partial charge in [-0.1, -0.05) is 27.5 Å². The summed E-state index contributed by atoms with van der Waals surface area (Å²) < 4.78 is 11.0. The van der Waals surface area contributed by atoms with Crippen molar-refractivity contribution in [1.82, 2.24) is 4.90 Å². The van der Waals surface area contributed by atoms with E-state index < -0.39 is 5.97 Å². The van der Waals surface area contributed by atoms with Crippen LogP contribution in [0.3, 0.4) is 0 Å². The van der Waals surface area contributed by atoms with Gasteiger partial charge in [-0.25, -0.2) is 0 Å². The number of anilines is 1. The van der Waals surface area contributed by atoms with Crippen molar-refractivity contribution in [3.8, 4) is 5.75 Å². The Balaban J connectivity index is 2.10. The number of ether oxygens (including phenoxy) is 2. The number of hydrogen-bond acceptors (Lipinski definition) is 5. The Morgan fingerprint density at radius 3 is 2.52 bits per heavy atom. The average Bonchev–Trinajstić information content (AvgIpc) is 2.93. The molecule has 1 aliphatic rings. The van der Waals surface area contributed by atoms with Crippen molar-refractivity contribution < 1.29 is 19.1 Å². The molecule has 1 heterocycles. The van der Waals surface area contributed by atoms with Crippen molar-refractivity contribution >= 4 is 68.5 Å². The van der Waals surface area contributed by atoms with Crippen LogP contribution in [0.2, 0.25) is 5.02 Å². The van der Waals surface area contributed by atoms with Gasteiger partial charge in [0.25, 0.3) is 5.91 Å². The Bertz CT molecular complexity index is 1010. The van der Waals surface area contributed by atoms with Crippen LogP contribution in [0.5, 0.6) is 5.75 Å². The molecular weight excluding hydrogens is 480 g/mol. The van der Waals surface area contributed by atoms with Crippen LogP contribution in [-0.4, -0.2) is 42.7 Å². The van der Waals surface area contributed by atoms with Crippen LogP contribution < -0.4 is 9.64 Å². The number of carbonyl (C=O) groups excluding carboxylic acids is 2. The van der Waals surface area contributed by atoms with Crippen LogP contribution in [-0.2, 0) is 14.3 Å². The summed E-state index contributed by atoms with van der Waals surface area (Å²) in [5.41, 5.74) is 1.43. The molecular formula is C20H16BrClN2O4S. The predicted octanol–water partition coefficient (Wildman–Crippen LogP) is 4.26. The van der Waals surface area contributed by atoms with Crippen molar-refractivity contribution in [2.45, 2.75) is 0 Å². The number of hydrogen-bond donors (Lipinski definition) is 0. The molecule has 3 rings (SSSR count). The molecule has 2 aromatic carbocycles. The first-order valence-electron chi connectivity index (χ1n) is 8.39. The van der Waals surface area contributed by atoms with E-state index in [0.717, 1.165) is 4.47 Å². The van der Waals surface area contributed by atoms with Gasteiger partial charge in [0.2, 0.25) is 0 Å². The lowest BCUT2D eigenvalue weighted by atomic mass is 10.1. The first-order valence-corrected chi connectivity index (χ1v) is 9.97. The first-order chi connectivity index (χ1) is 13.8. The highest BCUT2D eigenvalue weighted by molar-refractivity contribution is 9.10. The van der Waals surface area contributed by atoms with Crippen molar-refractivity contribution in [3.63, 3.8) is 0 Å². The quantitative estimate of drug-likeness (QED) is 0.351. The van der Waals surface area contributed by atoms with Gasteiger partial charge in [0.05, 0.1) is 19.9 Å². The van der Waals surface area contributed by atoms with Crippen LogP contribution >= 0.6 is 39.7 Å². The number of carbonyl (C=O) groups is 2. The summed E-state index contributed by atoms with van der Waals surface area (Å²) in [6.45, 7) is -0.201. The standard InChI is InChI=1S/C20H16BrClN2O4S/c1-27-17-8-3-13(21)9-12(17)10-16-19(26)24(15-6-4-14(22)5-7-15)20(29)23(16)11-18(25)28-2/h3-10H,11H2,1-2H3/b16-10+. The third-order valence-electron chi connectivity index (χ3n) is 4.22. The number of rotatable bonds is 5. The largest absolute Gasteiger partial charge is 0.496 e. The van der Waals surface area contributed by atoms with Crippen molar-refractivity contribution in [3.05, 3.63) is 63.2 Å². The van der Waals surface area contributed by atoms with Crippen molar-refractivity contribution in [2.75, 3.05) is 25.7 Å². The minimum Gasteiger partial charge on any atom is -0.496 e. The molecule has 2 aromatic rings. The van der Waals surface area contributed by atoms with Crippen LogP contribution in [0.4, 0.5) is 5.69 Å². The summed E-state index contributed by atoms with van der Waals surface area (Å²) in [6.07, 6.45) is 1.64. The lowest BCUT2D eigenvalue weighted by Gasteiger charge is -2.19. The minimum atomic E-state index is -0.523. The number of benzene rings is 2. The monoisotopic (exact) mass is 494 g/mol. The third kappa shape index (κ3) is 4.44. The van der Waals surface area contributed by atoms with Gasteiger partial charge in [0.15, 0.2) is 5.11 Å². The van der Waals surface area contributed by atoms with E-state index in [2.05, 4.69) is 15.9 Å². The van der Waals surface area contributed by atoms with E-state index in [9.17, 15) is 9.59 Å². The molecule has 9 heteroatoms. The maximum Gasteiger partial charge on any atom is 0.325 e. The zero-order valence-corrected chi connectivity index (χ0v) is 18.7. The zero-order valence-electron chi connectivity index (χ0n) is 15.5. The number of thiocarbonyl (C=S) groups is 1. The third-order valence-corrected chi connectivity index (χ3v) is 5.37. The van der Waals surface area contributed by atoms with E-state index in [1.807, 2.05) is 12.1 Å². The molecule has 1 saturated heterocycles. The molecule has 0 radical (unpaired) electrons. The van der Waals surface area contributed by atoms with Crippen LogP contribution in [0.1, 0.15) is 5.56 Å². The normalized spacial score (nSPS) is 15.2. The molecule has 0 aliphatic carbocycles.